The number of nitrogens with one attached hydrogen (secondary N) is 1. The Morgan fingerprint density at radius 1 is 1.12 bits per heavy atom. The summed E-state index contributed by atoms with van der Waals surface area (Å²) in [6.07, 6.45) is 5.46. The molecule has 2 saturated carbocycles. The minimum absolute atomic E-state index is 0.0335. The molecule has 1 amide bonds. The number of amides is 1. The smallest absolute Gasteiger partial charge is 0.226 e. The number of fused-ring (bicyclic) bond motifs is 4. The van der Waals surface area contributed by atoms with Crippen LogP contribution in [0.25, 0.3) is 32.9 Å². The topological polar surface area (TPSA) is 96.1 Å². The highest BCUT2D eigenvalue weighted by Crippen LogP contribution is 2.51. The maximum Gasteiger partial charge on any atom is 0.226 e. The lowest BCUT2D eigenvalue weighted by Crippen LogP contribution is -2.41. The van der Waals surface area contributed by atoms with E-state index in [1.165, 1.54) is 0 Å². The van der Waals surface area contributed by atoms with Gasteiger partial charge in [-0.3, -0.25) is 4.79 Å². The van der Waals surface area contributed by atoms with E-state index in [9.17, 15) is 10.1 Å². The molecule has 2 bridgehead atoms. The lowest BCUT2D eigenvalue weighted by Gasteiger charge is -2.39. The summed E-state index contributed by atoms with van der Waals surface area (Å²) in [5.74, 6) is 0.113. The minimum Gasteiger partial charge on any atom is -0.371 e. The Balaban J connectivity index is 1.23. The van der Waals surface area contributed by atoms with Gasteiger partial charge in [-0.1, -0.05) is 53.0 Å². The van der Waals surface area contributed by atoms with Crippen molar-refractivity contribution in [3.8, 4) is 17.2 Å². The highest BCUT2D eigenvalue weighted by atomic mass is 35.5. The molecule has 12 heteroatoms. The zero-order valence-electron chi connectivity index (χ0n) is 28.5. The van der Waals surface area contributed by atoms with Crippen molar-refractivity contribution in [1.29, 1.82) is 5.26 Å². The van der Waals surface area contributed by atoms with Crippen LogP contribution in [0.4, 0.5) is 4.39 Å². The average Bonchev–Trinajstić information content (AvgIpc) is 3.43. The molecule has 0 spiro atoms. The molecule has 3 saturated heterocycles. The zero-order valence-corrected chi connectivity index (χ0v) is 30.8. The van der Waals surface area contributed by atoms with Gasteiger partial charge in [-0.05, 0) is 68.4 Å². The van der Waals surface area contributed by atoms with Gasteiger partial charge in [-0.25, -0.2) is 14.4 Å². The molecule has 5 aliphatic rings. The molecule has 3 aromatic heterocycles. The molecule has 2 aromatic carbocycles. The van der Waals surface area contributed by atoms with Crippen LogP contribution in [-0.4, -0.2) is 50.6 Å². The van der Waals surface area contributed by atoms with Gasteiger partial charge in [-0.15, -0.1) is 0 Å². The molecule has 6 heterocycles. The molecule has 266 valence electrons. The van der Waals surface area contributed by atoms with E-state index in [2.05, 4.69) is 27.0 Å². The maximum atomic E-state index is 17.2. The molecule has 0 radical (unpaired) electrons. The Hall–Kier alpha value is -3.78. The van der Waals surface area contributed by atoms with Crippen LogP contribution in [0.1, 0.15) is 66.7 Å². The number of aryl methyl sites for hydroxylation is 2. The maximum absolute atomic E-state index is 17.2. The SMILES string of the molecule is Cc1nc2c(F)c(-c3cccc(Cl)c3Cl)c(CCC#N)cc2c2c1cc([C@H]1C[C@H](OCc3cccnc3Cl)CN1C(=O)C1CC1)n2[C@H]1[C@H]2CN[C@@H]1C2. The van der Waals surface area contributed by atoms with Gasteiger partial charge in [-0.2, -0.15) is 5.26 Å². The fourth-order valence-electron chi connectivity index (χ4n) is 8.84. The summed E-state index contributed by atoms with van der Waals surface area (Å²) in [7, 11) is 0. The molecule has 5 atom stereocenters. The summed E-state index contributed by atoms with van der Waals surface area (Å²) in [6, 6.07) is 15.5. The van der Waals surface area contributed by atoms with E-state index >= 15 is 4.39 Å². The number of benzene rings is 2. The van der Waals surface area contributed by atoms with Crippen molar-refractivity contribution in [2.45, 2.75) is 76.3 Å². The molecule has 2 aliphatic carbocycles. The number of hydrogen-bond donors (Lipinski definition) is 1. The summed E-state index contributed by atoms with van der Waals surface area (Å²) in [5.41, 5.74) is 5.14. The van der Waals surface area contributed by atoms with Crippen molar-refractivity contribution in [3.63, 3.8) is 0 Å². The molecule has 52 heavy (non-hydrogen) atoms. The third-order valence-corrected chi connectivity index (χ3v) is 12.7. The molecule has 10 rings (SSSR count). The van der Waals surface area contributed by atoms with Crippen LogP contribution in [0.15, 0.2) is 48.7 Å². The second-order valence-corrected chi connectivity index (χ2v) is 15.8. The lowest BCUT2D eigenvalue weighted by molar-refractivity contribution is -0.134. The number of aromatic nitrogens is 3. The van der Waals surface area contributed by atoms with Gasteiger partial charge in [0, 0.05) is 82.9 Å². The fraction of sp³-hybridized carbons (Fsp3) is 0.400. The Morgan fingerprint density at radius 3 is 2.69 bits per heavy atom. The van der Waals surface area contributed by atoms with Crippen LogP contribution >= 0.6 is 34.8 Å². The molecule has 5 fully saturated rings. The minimum atomic E-state index is -0.488. The van der Waals surface area contributed by atoms with Crippen LogP contribution in [0.3, 0.4) is 0 Å². The summed E-state index contributed by atoms with van der Waals surface area (Å²) in [6.45, 7) is 3.60. The standard InChI is InChI=1S/C40H36Cl3FN6O2/c1-20-27-16-32(31-15-25(18-49(31)40(51)21-9-10-21)52-19-23-6-4-12-46-39(23)43)50(37-24-14-30(37)47-17-24)38(27)28-13-22(5-3-11-45)33(35(44)36(28)48-20)26-7-2-8-29(41)34(26)42/h2,4,6-8,12-13,16,21,24-25,30-31,37,47H,3,5,9-10,14-15,17-19H2,1H3/t24-,25+,30-,31-,37+/m1/s1. The quantitative estimate of drug-likeness (QED) is 0.151. The first-order valence-corrected chi connectivity index (χ1v) is 19.1. The zero-order chi connectivity index (χ0) is 35.8. The van der Waals surface area contributed by atoms with Gasteiger partial charge in [0.05, 0.1) is 46.4 Å². The highest BCUT2D eigenvalue weighted by Gasteiger charge is 2.51. The molecule has 8 nitrogen and oxygen atoms in total. The van der Waals surface area contributed by atoms with Crippen molar-refractivity contribution in [2.75, 3.05) is 13.1 Å². The van der Waals surface area contributed by atoms with Crippen LogP contribution in [-0.2, 0) is 22.6 Å². The van der Waals surface area contributed by atoms with E-state index in [0.717, 1.165) is 48.0 Å². The molecule has 1 N–H and O–H groups in total. The van der Waals surface area contributed by atoms with E-state index in [-0.39, 0.29) is 53.0 Å². The molecule has 3 aliphatic heterocycles. The van der Waals surface area contributed by atoms with Crippen LogP contribution in [0.5, 0.6) is 0 Å². The number of carbonyl (C=O) groups is 1. The predicted octanol–water partition coefficient (Wildman–Crippen LogP) is 8.92. The number of nitrogens with zero attached hydrogens (tertiary/aromatic N) is 5. The number of likely N-dealkylation sites (tertiary alicyclic amines) is 1. The fourth-order valence-corrected chi connectivity index (χ4v) is 9.41. The van der Waals surface area contributed by atoms with Crippen LogP contribution in [0, 0.1) is 35.9 Å². The number of rotatable bonds is 9. The van der Waals surface area contributed by atoms with Crippen LogP contribution < -0.4 is 5.32 Å². The first-order valence-electron chi connectivity index (χ1n) is 18.0. The van der Waals surface area contributed by atoms with E-state index in [4.69, 9.17) is 44.5 Å². The third kappa shape index (κ3) is 5.57. The van der Waals surface area contributed by atoms with Gasteiger partial charge in [0.1, 0.15) is 10.7 Å². The van der Waals surface area contributed by atoms with Gasteiger partial charge in [0.25, 0.3) is 0 Å². The first-order chi connectivity index (χ1) is 25.2. The first kappa shape index (κ1) is 34.0. The van der Waals surface area contributed by atoms with Crippen molar-refractivity contribution in [1.82, 2.24) is 24.8 Å². The number of nitriles is 1. The number of pyridine rings is 2. The highest BCUT2D eigenvalue weighted by molar-refractivity contribution is 6.43. The van der Waals surface area contributed by atoms with Crippen molar-refractivity contribution < 1.29 is 13.9 Å². The largest absolute Gasteiger partial charge is 0.371 e. The molecule has 0 unspecified atom stereocenters. The summed E-state index contributed by atoms with van der Waals surface area (Å²) in [4.78, 5) is 25.1. The van der Waals surface area contributed by atoms with E-state index < -0.39 is 5.82 Å². The van der Waals surface area contributed by atoms with E-state index in [0.29, 0.717) is 69.9 Å². The van der Waals surface area contributed by atoms with Crippen molar-refractivity contribution in [3.05, 3.63) is 92.2 Å². The van der Waals surface area contributed by atoms with Gasteiger partial charge in [0.15, 0.2) is 5.82 Å². The number of carbonyl (C=O) groups excluding carboxylic acids is 1. The Bertz CT molecular complexity index is 2310. The van der Waals surface area contributed by atoms with Gasteiger partial charge < -0.3 is 19.5 Å². The summed E-state index contributed by atoms with van der Waals surface area (Å²) < 4.78 is 26.0. The Labute approximate surface area is 315 Å². The van der Waals surface area contributed by atoms with Crippen molar-refractivity contribution in [2.24, 2.45) is 11.8 Å². The third-order valence-electron chi connectivity index (χ3n) is 11.6. The second kappa shape index (κ2) is 13.3. The number of halogens is 4. The molecular weight excluding hydrogens is 722 g/mol. The Kier molecular flexibility index (Phi) is 8.67. The number of hydrogen-bond acceptors (Lipinski definition) is 6. The van der Waals surface area contributed by atoms with E-state index in [1.54, 1.807) is 24.4 Å². The predicted molar refractivity (Wildman–Crippen MR) is 200 cm³/mol. The molecule has 5 aromatic rings. The lowest BCUT2D eigenvalue weighted by atomic mass is 9.79. The average molecular weight is 758 g/mol. The summed E-state index contributed by atoms with van der Waals surface area (Å²) >= 11 is 19.5. The number of ether oxygens (including phenoxy) is 1. The van der Waals surface area contributed by atoms with Crippen LogP contribution in [0.2, 0.25) is 15.2 Å². The van der Waals surface area contributed by atoms with E-state index in [1.807, 2.05) is 30.0 Å². The molecular formula is C40H36Cl3FN6O2. The Morgan fingerprint density at radius 2 is 1.96 bits per heavy atom. The van der Waals surface area contributed by atoms with Crippen molar-refractivity contribution >= 4 is 62.5 Å². The monoisotopic (exact) mass is 756 g/mol. The normalized spacial score (nSPS) is 23.8. The summed E-state index contributed by atoms with van der Waals surface area (Å²) in [5, 5.41) is 15.9. The van der Waals surface area contributed by atoms with Gasteiger partial charge in [0.2, 0.25) is 5.91 Å². The second-order valence-electron chi connectivity index (χ2n) is 14.7. The van der Waals surface area contributed by atoms with Gasteiger partial charge >= 0.3 is 0 Å².